The number of amides is 1. The second kappa shape index (κ2) is 6.61. The number of rotatable bonds is 6. The molecule has 0 aromatic heterocycles. The largest absolute Gasteiger partial charge is 0.453 e. The first-order valence-electron chi connectivity index (χ1n) is 6.82. The lowest BCUT2D eigenvalue weighted by Crippen LogP contribution is -2.32. The van der Waals surface area contributed by atoms with E-state index in [0.29, 0.717) is 18.9 Å². The van der Waals surface area contributed by atoms with E-state index >= 15 is 0 Å². The van der Waals surface area contributed by atoms with E-state index in [4.69, 9.17) is 14.2 Å². The summed E-state index contributed by atoms with van der Waals surface area (Å²) in [6, 6.07) is 7.87. The van der Waals surface area contributed by atoms with Crippen molar-refractivity contribution in [3.8, 4) is 5.75 Å². The van der Waals surface area contributed by atoms with Crippen LogP contribution in [0.5, 0.6) is 5.75 Å². The molecule has 1 saturated heterocycles. The SMILES string of the molecule is COCCc1ccc(OC2CN(C(C)C)C(=O)O2)cc1. The summed E-state index contributed by atoms with van der Waals surface area (Å²) in [6.07, 6.45) is 0.0208. The summed E-state index contributed by atoms with van der Waals surface area (Å²) in [4.78, 5) is 13.2. The Bertz CT molecular complexity index is 444. The molecule has 1 aliphatic rings. The van der Waals surface area contributed by atoms with E-state index in [9.17, 15) is 4.79 Å². The summed E-state index contributed by atoms with van der Waals surface area (Å²) >= 11 is 0. The van der Waals surface area contributed by atoms with Crippen LogP contribution in [0.1, 0.15) is 19.4 Å². The predicted octanol–water partition coefficient (Wildman–Crippen LogP) is 2.44. The lowest BCUT2D eigenvalue weighted by atomic mass is 10.1. The van der Waals surface area contributed by atoms with Gasteiger partial charge in [0.15, 0.2) is 0 Å². The molecule has 0 spiro atoms. The van der Waals surface area contributed by atoms with Gasteiger partial charge in [-0.2, -0.15) is 0 Å². The number of cyclic esters (lactones) is 1. The van der Waals surface area contributed by atoms with Gasteiger partial charge < -0.3 is 14.2 Å². The van der Waals surface area contributed by atoms with Gasteiger partial charge in [0.2, 0.25) is 0 Å². The van der Waals surface area contributed by atoms with Gasteiger partial charge in [0.05, 0.1) is 13.2 Å². The van der Waals surface area contributed by atoms with E-state index in [2.05, 4.69) is 0 Å². The maximum Gasteiger partial charge on any atom is 0.413 e. The smallest absolute Gasteiger partial charge is 0.413 e. The summed E-state index contributed by atoms with van der Waals surface area (Å²) in [6.45, 7) is 5.06. The predicted molar refractivity (Wildman–Crippen MR) is 74.8 cm³/mol. The molecule has 1 amide bonds. The van der Waals surface area contributed by atoms with Gasteiger partial charge in [-0.05, 0) is 38.0 Å². The Balaban J connectivity index is 1.89. The molecule has 1 heterocycles. The highest BCUT2D eigenvalue weighted by atomic mass is 16.7. The quantitative estimate of drug-likeness (QED) is 0.802. The minimum atomic E-state index is -0.533. The molecule has 1 aromatic rings. The van der Waals surface area contributed by atoms with E-state index in [1.54, 1.807) is 12.0 Å². The molecule has 1 fully saturated rings. The van der Waals surface area contributed by atoms with Gasteiger partial charge in [0.25, 0.3) is 6.29 Å². The van der Waals surface area contributed by atoms with E-state index in [1.165, 1.54) is 5.56 Å². The normalized spacial score (nSPS) is 18.5. The fourth-order valence-corrected chi connectivity index (χ4v) is 2.04. The van der Waals surface area contributed by atoms with E-state index < -0.39 is 6.29 Å². The van der Waals surface area contributed by atoms with Crippen molar-refractivity contribution >= 4 is 6.09 Å². The first-order chi connectivity index (χ1) is 9.60. The van der Waals surface area contributed by atoms with Crippen LogP contribution in [0.25, 0.3) is 0 Å². The van der Waals surface area contributed by atoms with Crippen molar-refractivity contribution in [1.29, 1.82) is 0 Å². The second-order valence-corrected chi connectivity index (χ2v) is 5.06. The van der Waals surface area contributed by atoms with E-state index in [1.807, 2.05) is 38.1 Å². The van der Waals surface area contributed by atoms with Gasteiger partial charge in [0.1, 0.15) is 5.75 Å². The minimum Gasteiger partial charge on any atom is -0.453 e. The number of carbonyl (C=O) groups excluding carboxylic acids is 1. The summed E-state index contributed by atoms with van der Waals surface area (Å²) < 4.78 is 15.9. The molecule has 5 heteroatoms. The van der Waals surface area contributed by atoms with Gasteiger partial charge in [-0.15, -0.1) is 0 Å². The van der Waals surface area contributed by atoms with Gasteiger partial charge in [-0.3, -0.25) is 4.90 Å². The van der Waals surface area contributed by atoms with Crippen molar-refractivity contribution in [2.24, 2.45) is 0 Å². The Labute approximate surface area is 119 Å². The Morgan fingerprint density at radius 2 is 2.05 bits per heavy atom. The van der Waals surface area contributed by atoms with Crippen molar-refractivity contribution in [3.05, 3.63) is 29.8 Å². The van der Waals surface area contributed by atoms with Crippen molar-refractivity contribution in [3.63, 3.8) is 0 Å². The molecule has 20 heavy (non-hydrogen) atoms. The summed E-state index contributed by atoms with van der Waals surface area (Å²) in [7, 11) is 1.69. The molecular weight excluding hydrogens is 258 g/mol. The number of carbonyl (C=O) groups is 1. The van der Waals surface area contributed by atoms with Gasteiger partial charge in [-0.25, -0.2) is 4.79 Å². The average molecular weight is 279 g/mol. The van der Waals surface area contributed by atoms with Crippen LogP contribution in [0.15, 0.2) is 24.3 Å². The maximum absolute atomic E-state index is 11.6. The van der Waals surface area contributed by atoms with Crippen LogP contribution in [0, 0.1) is 0 Å². The Kier molecular flexibility index (Phi) is 4.84. The van der Waals surface area contributed by atoms with Gasteiger partial charge >= 0.3 is 6.09 Å². The average Bonchev–Trinajstić information content (AvgIpc) is 2.79. The molecule has 1 unspecified atom stereocenters. The van der Waals surface area contributed by atoms with Gasteiger partial charge in [0, 0.05) is 13.2 Å². The Hall–Kier alpha value is -1.75. The van der Waals surface area contributed by atoms with Crippen LogP contribution in [0.2, 0.25) is 0 Å². The first-order valence-corrected chi connectivity index (χ1v) is 6.82. The Morgan fingerprint density at radius 1 is 1.35 bits per heavy atom. The van der Waals surface area contributed by atoms with Crippen molar-refractivity contribution in [1.82, 2.24) is 4.90 Å². The molecule has 5 nitrogen and oxygen atoms in total. The lowest BCUT2D eigenvalue weighted by Gasteiger charge is -2.16. The topological polar surface area (TPSA) is 48.0 Å². The van der Waals surface area contributed by atoms with Crippen molar-refractivity contribution in [2.75, 3.05) is 20.3 Å². The number of hydrogen-bond acceptors (Lipinski definition) is 4. The molecule has 0 radical (unpaired) electrons. The lowest BCUT2D eigenvalue weighted by molar-refractivity contribution is 0.00526. The molecule has 1 aromatic carbocycles. The van der Waals surface area contributed by atoms with Crippen LogP contribution in [-0.4, -0.2) is 43.6 Å². The van der Waals surface area contributed by atoms with Crippen LogP contribution < -0.4 is 4.74 Å². The second-order valence-electron chi connectivity index (χ2n) is 5.06. The molecular formula is C15H21NO4. The molecule has 1 aliphatic heterocycles. The molecule has 110 valence electrons. The highest BCUT2D eigenvalue weighted by Crippen LogP contribution is 2.20. The molecule has 0 aliphatic carbocycles. The standard InChI is InChI=1S/C15H21NO4/c1-11(2)16-10-14(20-15(16)17)19-13-6-4-12(5-7-13)8-9-18-3/h4-7,11,14H,8-10H2,1-3H3. The van der Waals surface area contributed by atoms with Crippen molar-refractivity contribution in [2.45, 2.75) is 32.6 Å². The van der Waals surface area contributed by atoms with Crippen LogP contribution in [0.4, 0.5) is 4.79 Å². The first kappa shape index (κ1) is 14.7. The zero-order valence-corrected chi connectivity index (χ0v) is 12.2. The van der Waals surface area contributed by atoms with Crippen molar-refractivity contribution < 1.29 is 19.0 Å². The number of benzene rings is 1. The summed E-state index contributed by atoms with van der Waals surface area (Å²) in [5.74, 6) is 0.703. The number of ether oxygens (including phenoxy) is 3. The number of hydrogen-bond donors (Lipinski definition) is 0. The zero-order chi connectivity index (χ0) is 14.5. The highest BCUT2D eigenvalue weighted by molar-refractivity contribution is 5.70. The van der Waals surface area contributed by atoms with Crippen LogP contribution in [0.3, 0.4) is 0 Å². The van der Waals surface area contributed by atoms with Crippen LogP contribution in [-0.2, 0) is 15.9 Å². The van der Waals surface area contributed by atoms with Crippen LogP contribution >= 0.6 is 0 Å². The highest BCUT2D eigenvalue weighted by Gasteiger charge is 2.34. The molecule has 2 rings (SSSR count). The monoisotopic (exact) mass is 279 g/mol. The fraction of sp³-hybridized carbons (Fsp3) is 0.533. The maximum atomic E-state index is 11.6. The number of nitrogens with zero attached hydrogens (tertiary/aromatic N) is 1. The van der Waals surface area contributed by atoms with E-state index in [-0.39, 0.29) is 12.1 Å². The molecule has 0 N–H and O–H groups in total. The van der Waals surface area contributed by atoms with E-state index in [0.717, 1.165) is 6.42 Å². The third-order valence-corrected chi connectivity index (χ3v) is 3.22. The fourth-order valence-electron chi connectivity index (χ4n) is 2.04. The van der Waals surface area contributed by atoms with Gasteiger partial charge in [-0.1, -0.05) is 12.1 Å². The number of methoxy groups -OCH3 is 1. The zero-order valence-electron chi connectivity index (χ0n) is 12.2. The molecule has 0 bridgehead atoms. The summed E-state index contributed by atoms with van der Waals surface area (Å²) in [5, 5.41) is 0. The molecule has 0 saturated carbocycles. The molecule has 1 atom stereocenters. The summed E-state index contributed by atoms with van der Waals surface area (Å²) in [5.41, 5.74) is 1.19. The third-order valence-electron chi connectivity index (χ3n) is 3.22. The third kappa shape index (κ3) is 3.63. The minimum absolute atomic E-state index is 0.118. The Morgan fingerprint density at radius 3 is 2.60 bits per heavy atom.